The summed E-state index contributed by atoms with van der Waals surface area (Å²) in [6.45, 7) is -0.232. The average Bonchev–Trinajstić information content (AvgIpc) is 2.37. The van der Waals surface area contributed by atoms with E-state index in [-0.39, 0.29) is 23.8 Å². The molecule has 0 atom stereocenters. The zero-order valence-electron chi connectivity index (χ0n) is 11.4. The topological polar surface area (TPSA) is 109 Å². The number of amides is 1. The van der Waals surface area contributed by atoms with Crippen molar-refractivity contribution < 1.29 is 26.0 Å². The zero-order chi connectivity index (χ0) is 16.3. The van der Waals surface area contributed by atoms with Crippen LogP contribution in [0, 0.1) is 5.82 Å². The molecule has 10 heteroatoms. The maximum Gasteiger partial charge on any atom is 0.243 e. The second-order valence-electron chi connectivity index (χ2n) is 4.19. The number of carbonyl (C=O) groups is 1. The lowest BCUT2D eigenvalue weighted by atomic mass is 10.3. The van der Waals surface area contributed by atoms with Crippen LogP contribution in [0.5, 0.6) is 0 Å². The third-order valence-corrected chi connectivity index (χ3v) is 5.13. The molecule has 0 saturated carbocycles. The zero-order valence-corrected chi connectivity index (χ0v) is 13.0. The summed E-state index contributed by atoms with van der Waals surface area (Å²) < 4.78 is 62.2. The van der Waals surface area contributed by atoms with Gasteiger partial charge in [-0.1, -0.05) is 0 Å². The molecule has 0 aromatic heterocycles. The van der Waals surface area contributed by atoms with E-state index < -0.39 is 30.6 Å². The van der Waals surface area contributed by atoms with Gasteiger partial charge in [-0.25, -0.2) is 25.9 Å². The Balaban J connectivity index is 3.05. The van der Waals surface area contributed by atoms with Crippen molar-refractivity contribution in [3.05, 3.63) is 24.0 Å². The predicted molar refractivity (Wildman–Crippen MR) is 73.4 cm³/mol. The number of halogens is 1. The van der Waals surface area contributed by atoms with Gasteiger partial charge >= 0.3 is 0 Å². The molecule has 0 unspecified atom stereocenters. The normalized spacial score (nSPS) is 12.1. The van der Waals surface area contributed by atoms with Crippen LogP contribution in [0.3, 0.4) is 0 Å². The van der Waals surface area contributed by atoms with Gasteiger partial charge in [0.15, 0.2) is 9.84 Å². The number of carbonyl (C=O) groups excluding carboxylic acids is 1. The molecule has 0 fully saturated rings. The Morgan fingerprint density at radius 1 is 1.24 bits per heavy atom. The molecule has 0 aliphatic rings. The Morgan fingerprint density at radius 3 is 2.38 bits per heavy atom. The van der Waals surface area contributed by atoms with Crippen LogP contribution in [-0.2, 0) is 24.7 Å². The van der Waals surface area contributed by atoms with E-state index in [1.165, 1.54) is 7.05 Å². The van der Waals surface area contributed by atoms with E-state index in [9.17, 15) is 26.0 Å². The molecule has 1 amide bonds. The molecule has 0 radical (unpaired) electrons. The van der Waals surface area contributed by atoms with Crippen molar-refractivity contribution in [3.8, 4) is 0 Å². The Morgan fingerprint density at radius 2 is 1.86 bits per heavy atom. The van der Waals surface area contributed by atoms with Crippen LogP contribution in [0.1, 0.15) is 6.42 Å². The summed E-state index contributed by atoms with van der Waals surface area (Å²) in [5.41, 5.74) is 0. The summed E-state index contributed by atoms with van der Waals surface area (Å²) in [7, 11) is -6.52. The first-order valence-electron chi connectivity index (χ1n) is 5.78. The van der Waals surface area contributed by atoms with Crippen LogP contribution in [-0.4, -0.2) is 42.6 Å². The van der Waals surface area contributed by atoms with E-state index in [4.69, 9.17) is 0 Å². The molecular formula is C11H15FN2O5S2. The predicted octanol–water partition coefficient (Wildman–Crippen LogP) is -0.356. The molecule has 0 saturated heterocycles. The summed E-state index contributed by atoms with van der Waals surface area (Å²) in [5.74, 6) is -1.46. The van der Waals surface area contributed by atoms with E-state index >= 15 is 0 Å². The van der Waals surface area contributed by atoms with Crippen LogP contribution in [0.15, 0.2) is 28.0 Å². The molecule has 21 heavy (non-hydrogen) atoms. The molecule has 0 spiro atoms. The lowest BCUT2D eigenvalue weighted by molar-refractivity contribution is -0.120. The summed E-state index contributed by atoms with van der Waals surface area (Å²) in [4.78, 5) is 9.90. The van der Waals surface area contributed by atoms with E-state index in [0.717, 1.165) is 24.5 Å². The molecular weight excluding hydrogens is 323 g/mol. The lowest BCUT2D eigenvalue weighted by Crippen LogP contribution is -2.29. The molecule has 0 heterocycles. The molecule has 1 aromatic carbocycles. The minimum absolute atomic E-state index is 0.122. The summed E-state index contributed by atoms with van der Waals surface area (Å²) in [5, 5.41) is 2.30. The fraction of sp³-hybridized carbons (Fsp3) is 0.364. The first-order chi connectivity index (χ1) is 9.58. The smallest absolute Gasteiger partial charge is 0.243 e. The quantitative estimate of drug-likeness (QED) is 0.689. The van der Waals surface area contributed by atoms with E-state index in [1.807, 2.05) is 4.72 Å². The average molecular weight is 338 g/mol. The summed E-state index contributed by atoms with van der Waals surface area (Å²) in [6.07, 6.45) is 0.763. The fourth-order valence-corrected chi connectivity index (χ4v) is 3.28. The van der Waals surface area contributed by atoms with Crippen LogP contribution in [0.4, 0.5) is 4.39 Å². The van der Waals surface area contributed by atoms with Gasteiger partial charge in [-0.3, -0.25) is 4.79 Å². The Hall–Kier alpha value is -1.52. The van der Waals surface area contributed by atoms with Gasteiger partial charge in [-0.05, 0) is 18.2 Å². The highest BCUT2D eigenvalue weighted by molar-refractivity contribution is 7.91. The molecule has 7 nitrogen and oxygen atoms in total. The van der Waals surface area contributed by atoms with Crippen molar-refractivity contribution >= 4 is 25.8 Å². The van der Waals surface area contributed by atoms with Gasteiger partial charge in [0.25, 0.3) is 0 Å². The summed E-state index contributed by atoms with van der Waals surface area (Å²) >= 11 is 0. The van der Waals surface area contributed by atoms with Gasteiger partial charge in [0.2, 0.25) is 15.9 Å². The van der Waals surface area contributed by atoms with Gasteiger partial charge in [-0.15, -0.1) is 0 Å². The number of hydrogen-bond donors (Lipinski definition) is 2. The number of hydrogen-bond acceptors (Lipinski definition) is 5. The first kappa shape index (κ1) is 17.5. The minimum atomic E-state index is -4.25. The second kappa shape index (κ2) is 6.50. The van der Waals surface area contributed by atoms with Crippen molar-refractivity contribution in [1.29, 1.82) is 0 Å². The number of rotatable bonds is 6. The first-order valence-corrected chi connectivity index (χ1v) is 9.15. The molecule has 2 N–H and O–H groups in total. The molecule has 118 valence electrons. The van der Waals surface area contributed by atoms with Crippen LogP contribution in [0.2, 0.25) is 0 Å². The largest absolute Gasteiger partial charge is 0.359 e. The number of sulfone groups is 1. The maximum absolute atomic E-state index is 13.6. The maximum atomic E-state index is 13.6. The van der Waals surface area contributed by atoms with Crippen LogP contribution in [0.25, 0.3) is 0 Å². The van der Waals surface area contributed by atoms with E-state index in [0.29, 0.717) is 0 Å². The Kier molecular flexibility index (Phi) is 5.42. The molecule has 1 rings (SSSR count). The fourth-order valence-electron chi connectivity index (χ4n) is 1.42. The number of nitrogens with one attached hydrogen (secondary N) is 2. The van der Waals surface area contributed by atoms with Crippen molar-refractivity contribution in [2.45, 2.75) is 16.2 Å². The highest BCUT2D eigenvalue weighted by atomic mass is 32.2. The minimum Gasteiger partial charge on any atom is -0.359 e. The highest BCUT2D eigenvalue weighted by Gasteiger charge is 2.21. The SMILES string of the molecule is CNC(=O)CCNS(=O)(=O)c1cc(S(C)(=O)=O)ccc1F. The number of sulfonamides is 1. The van der Waals surface area contributed by atoms with E-state index in [1.54, 1.807) is 0 Å². The van der Waals surface area contributed by atoms with Crippen molar-refractivity contribution in [1.82, 2.24) is 10.0 Å². The van der Waals surface area contributed by atoms with E-state index in [2.05, 4.69) is 5.32 Å². The van der Waals surface area contributed by atoms with Gasteiger partial charge < -0.3 is 5.32 Å². The van der Waals surface area contributed by atoms with Crippen molar-refractivity contribution in [2.24, 2.45) is 0 Å². The van der Waals surface area contributed by atoms with Crippen molar-refractivity contribution in [2.75, 3.05) is 19.8 Å². The summed E-state index contributed by atoms with van der Waals surface area (Å²) in [6, 6.07) is 2.49. The standard InChI is InChI=1S/C11H15FN2O5S2/c1-13-11(15)5-6-14-21(18,19)10-7-8(20(2,16)17)3-4-9(10)12/h3-4,7,14H,5-6H2,1-2H3,(H,13,15). The lowest BCUT2D eigenvalue weighted by Gasteiger charge is -2.08. The monoisotopic (exact) mass is 338 g/mol. The molecule has 1 aromatic rings. The highest BCUT2D eigenvalue weighted by Crippen LogP contribution is 2.19. The van der Waals surface area contributed by atoms with Crippen LogP contribution < -0.4 is 10.0 Å². The Labute approximate surface area is 122 Å². The molecule has 0 bridgehead atoms. The van der Waals surface area contributed by atoms with Gasteiger partial charge in [-0.2, -0.15) is 0 Å². The third-order valence-electron chi connectivity index (χ3n) is 2.54. The molecule has 0 aliphatic heterocycles. The van der Waals surface area contributed by atoms with Crippen molar-refractivity contribution in [3.63, 3.8) is 0 Å². The Bertz CT molecular complexity index is 744. The number of benzene rings is 1. The third kappa shape index (κ3) is 4.76. The van der Waals surface area contributed by atoms with Gasteiger partial charge in [0, 0.05) is 26.3 Å². The second-order valence-corrected chi connectivity index (χ2v) is 7.94. The van der Waals surface area contributed by atoms with Crippen LogP contribution >= 0.6 is 0 Å². The van der Waals surface area contributed by atoms with Gasteiger partial charge in [0.1, 0.15) is 10.7 Å². The molecule has 0 aliphatic carbocycles. The van der Waals surface area contributed by atoms with Gasteiger partial charge in [0.05, 0.1) is 4.90 Å².